The molecule has 8 heteroatoms. The van der Waals surface area contributed by atoms with Crippen molar-refractivity contribution in [2.75, 3.05) is 31.1 Å². The Labute approximate surface area is 249 Å². The Morgan fingerprint density at radius 3 is 2.30 bits per heavy atom. The van der Waals surface area contributed by atoms with E-state index in [-0.39, 0.29) is 30.1 Å². The van der Waals surface area contributed by atoms with Crippen molar-refractivity contribution in [2.45, 2.75) is 19.8 Å². The molecule has 1 aliphatic heterocycles. The molecular weight excluding hydrogens is 542 g/mol. The molecule has 1 fully saturated rings. The van der Waals surface area contributed by atoms with Gasteiger partial charge in [0.15, 0.2) is 5.76 Å². The minimum atomic E-state index is -1.03. The Bertz CT molecular complexity index is 1800. The lowest BCUT2D eigenvalue weighted by Gasteiger charge is -2.35. The zero-order chi connectivity index (χ0) is 29.9. The average Bonchev–Trinajstić information content (AvgIpc) is 3.37. The van der Waals surface area contributed by atoms with Gasteiger partial charge in [-0.05, 0) is 53.4 Å². The Kier molecular flexibility index (Phi) is 7.75. The van der Waals surface area contributed by atoms with Crippen LogP contribution < -0.4 is 4.90 Å². The van der Waals surface area contributed by atoms with Gasteiger partial charge in [0.2, 0.25) is 11.7 Å². The number of fused-ring (bicyclic) bond motifs is 1. The molecule has 1 aliphatic rings. The van der Waals surface area contributed by atoms with Crippen LogP contribution in [0.1, 0.15) is 37.6 Å². The first-order valence-corrected chi connectivity index (χ1v) is 14.3. The number of carboxylic acids is 1. The fourth-order valence-corrected chi connectivity index (χ4v) is 5.61. The molecule has 5 aromatic rings. The fourth-order valence-electron chi connectivity index (χ4n) is 5.61. The van der Waals surface area contributed by atoms with Crippen LogP contribution in [0.2, 0.25) is 0 Å². The molecule has 0 saturated carbocycles. The zero-order valence-electron chi connectivity index (χ0n) is 23.8. The molecule has 0 bridgehead atoms. The third-order valence-corrected chi connectivity index (χ3v) is 8.02. The molecule has 1 amide bonds. The largest absolute Gasteiger partial charge is 0.478 e. The molecule has 8 nitrogen and oxygen atoms in total. The van der Waals surface area contributed by atoms with E-state index in [0.29, 0.717) is 43.1 Å². The summed E-state index contributed by atoms with van der Waals surface area (Å²) in [7, 11) is 0. The average molecular weight is 574 g/mol. The topological polar surface area (TPSA) is 104 Å². The molecule has 43 heavy (non-hydrogen) atoms. The van der Waals surface area contributed by atoms with Gasteiger partial charge in [-0.3, -0.25) is 9.59 Å². The Balaban J connectivity index is 1.07. The minimum Gasteiger partial charge on any atom is -0.478 e. The fraction of sp³-hybridized carbons (Fsp3) is 0.200. The number of aromatic nitrogens is 1. The molecule has 0 atom stereocenters. The number of aromatic carboxylic acids is 1. The number of ketones is 1. The maximum atomic E-state index is 13.2. The Hall–Kier alpha value is -5.24. The number of amides is 1. The van der Waals surface area contributed by atoms with E-state index in [9.17, 15) is 19.5 Å². The molecule has 0 aliphatic carbocycles. The van der Waals surface area contributed by atoms with E-state index >= 15 is 0 Å². The van der Waals surface area contributed by atoms with Crippen LogP contribution in [0.5, 0.6) is 0 Å². The number of aryl methyl sites for hydroxylation is 1. The molecule has 2 aromatic heterocycles. The number of hydrogen-bond acceptors (Lipinski definition) is 6. The van der Waals surface area contributed by atoms with Crippen LogP contribution in [0.25, 0.3) is 22.1 Å². The normalized spacial score (nSPS) is 13.3. The van der Waals surface area contributed by atoms with Crippen LogP contribution in [-0.4, -0.2) is 58.8 Å². The van der Waals surface area contributed by atoms with Gasteiger partial charge in [-0.1, -0.05) is 60.7 Å². The van der Waals surface area contributed by atoms with Gasteiger partial charge in [-0.2, -0.15) is 0 Å². The van der Waals surface area contributed by atoms with Crippen molar-refractivity contribution in [3.63, 3.8) is 0 Å². The summed E-state index contributed by atoms with van der Waals surface area (Å²) in [6, 6.07) is 26.5. The molecule has 1 saturated heterocycles. The second-order valence-electron chi connectivity index (χ2n) is 10.8. The van der Waals surface area contributed by atoms with Crippen molar-refractivity contribution in [3.05, 3.63) is 119 Å². The van der Waals surface area contributed by atoms with E-state index in [4.69, 9.17) is 4.42 Å². The van der Waals surface area contributed by atoms with Gasteiger partial charge in [0.25, 0.3) is 0 Å². The number of carbonyl (C=O) groups excluding carboxylic acids is 2. The van der Waals surface area contributed by atoms with E-state index in [2.05, 4.69) is 28.1 Å². The smallest absolute Gasteiger partial charge is 0.335 e. The van der Waals surface area contributed by atoms with Gasteiger partial charge in [-0.15, -0.1) is 0 Å². The lowest BCUT2D eigenvalue weighted by molar-refractivity contribution is -0.130. The first kappa shape index (κ1) is 27.9. The number of piperazine rings is 1. The van der Waals surface area contributed by atoms with Crippen molar-refractivity contribution in [3.8, 4) is 11.1 Å². The number of carbonyl (C=O) groups is 3. The van der Waals surface area contributed by atoms with E-state index in [1.54, 1.807) is 29.3 Å². The van der Waals surface area contributed by atoms with Gasteiger partial charge < -0.3 is 19.3 Å². The third kappa shape index (κ3) is 5.90. The van der Waals surface area contributed by atoms with Crippen LogP contribution in [0, 0.1) is 6.92 Å². The molecule has 1 N–H and O–H groups in total. The number of furan rings is 1. The summed E-state index contributed by atoms with van der Waals surface area (Å²) in [5, 5.41) is 10.3. The second kappa shape index (κ2) is 11.9. The lowest BCUT2D eigenvalue weighted by atomic mass is 10.0. The molecule has 216 valence electrons. The highest BCUT2D eigenvalue weighted by Crippen LogP contribution is 2.31. The molecule has 3 aromatic carbocycles. The predicted octanol–water partition coefficient (Wildman–Crippen LogP) is 5.82. The number of carboxylic acid groups (broad SMARTS) is 1. The number of rotatable bonds is 8. The summed E-state index contributed by atoms with van der Waals surface area (Å²) in [5.74, 6) is -0.0630. The van der Waals surface area contributed by atoms with Crippen LogP contribution in [0.4, 0.5) is 5.82 Å². The van der Waals surface area contributed by atoms with Gasteiger partial charge in [0.05, 0.1) is 12.0 Å². The number of benzene rings is 3. The molecule has 0 spiro atoms. The molecular formula is C35H31N3O5. The second-order valence-corrected chi connectivity index (χ2v) is 10.8. The van der Waals surface area contributed by atoms with Gasteiger partial charge in [0, 0.05) is 49.7 Å². The standard InChI is InChI=1S/C35H31N3O5/c1-23-29-20-26(25-7-3-2-4-8-25)12-13-31(29)43-34(23)30(39)19-24-11-14-32(36-22-24)37-15-17-38(18-16-37)33(40)21-27-9-5-6-10-28(27)35(41)42/h2-14,20,22H,15-19,21H2,1H3,(H,41,42). The van der Waals surface area contributed by atoms with Crippen molar-refractivity contribution >= 4 is 34.4 Å². The summed E-state index contributed by atoms with van der Waals surface area (Å²) < 4.78 is 5.99. The van der Waals surface area contributed by atoms with Crippen molar-refractivity contribution in [1.29, 1.82) is 0 Å². The number of hydrogen-bond donors (Lipinski definition) is 1. The van der Waals surface area contributed by atoms with E-state index < -0.39 is 5.97 Å². The van der Waals surface area contributed by atoms with Crippen molar-refractivity contribution in [1.82, 2.24) is 9.88 Å². The van der Waals surface area contributed by atoms with Crippen molar-refractivity contribution in [2.24, 2.45) is 0 Å². The van der Waals surface area contributed by atoms with Crippen LogP contribution in [0.3, 0.4) is 0 Å². The summed E-state index contributed by atoms with van der Waals surface area (Å²) in [6.07, 6.45) is 1.96. The van der Waals surface area contributed by atoms with E-state index in [1.807, 2.05) is 49.4 Å². The lowest BCUT2D eigenvalue weighted by Crippen LogP contribution is -2.49. The molecule has 3 heterocycles. The zero-order valence-corrected chi connectivity index (χ0v) is 23.8. The van der Waals surface area contributed by atoms with Gasteiger partial charge in [-0.25, -0.2) is 9.78 Å². The Morgan fingerprint density at radius 1 is 0.837 bits per heavy atom. The van der Waals surface area contributed by atoms with Crippen LogP contribution >= 0.6 is 0 Å². The highest BCUT2D eigenvalue weighted by atomic mass is 16.4. The monoisotopic (exact) mass is 573 g/mol. The highest BCUT2D eigenvalue weighted by molar-refractivity contribution is 6.02. The molecule has 6 rings (SSSR count). The highest BCUT2D eigenvalue weighted by Gasteiger charge is 2.24. The first-order valence-electron chi connectivity index (χ1n) is 14.3. The number of anilines is 1. The quantitative estimate of drug-likeness (QED) is 0.233. The third-order valence-electron chi connectivity index (χ3n) is 8.02. The Morgan fingerprint density at radius 2 is 1.58 bits per heavy atom. The van der Waals surface area contributed by atoms with Crippen LogP contribution in [-0.2, 0) is 17.6 Å². The number of Topliss-reactive ketones (excluding diaryl/α,β-unsaturated/α-hetero) is 1. The molecule has 0 radical (unpaired) electrons. The van der Waals surface area contributed by atoms with Crippen molar-refractivity contribution < 1.29 is 23.9 Å². The van der Waals surface area contributed by atoms with E-state index in [0.717, 1.165) is 33.5 Å². The minimum absolute atomic E-state index is 0.0579. The summed E-state index contributed by atoms with van der Waals surface area (Å²) >= 11 is 0. The van der Waals surface area contributed by atoms with E-state index in [1.165, 1.54) is 6.07 Å². The summed E-state index contributed by atoms with van der Waals surface area (Å²) in [4.78, 5) is 46.1. The SMILES string of the molecule is Cc1c(C(=O)Cc2ccc(N3CCN(C(=O)Cc4ccccc4C(=O)O)CC3)nc2)oc2ccc(-c3ccccc3)cc12. The number of pyridine rings is 1. The summed E-state index contributed by atoms with van der Waals surface area (Å²) in [5.41, 5.74) is 5.18. The number of nitrogens with zero attached hydrogens (tertiary/aromatic N) is 3. The van der Waals surface area contributed by atoms with Gasteiger partial charge >= 0.3 is 5.97 Å². The molecule has 0 unspecified atom stereocenters. The first-order chi connectivity index (χ1) is 20.9. The summed E-state index contributed by atoms with van der Waals surface area (Å²) in [6.45, 7) is 4.19. The van der Waals surface area contributed by atoms with Gasteiger partial charge in [0.1, 0.15) is 11.4 Å². The van der Waals surface area contributed by atoms with Crippen LogP contribution in [0.15, 0.2) is 95.5 Å². The predicted molar refractivity (Wildman–Crippen MR) is 165 cm³/mol. The maximum Gasteiger partial charge on any atom is 0.335 e. The maximum absolute atomic E-state index is 13.2.